The third-order valence-corrected chi connectivity index (χ3v) is 5.56. The highest BCUT2D eigenvalue weighted by Gasteiger charge is 2.26. The highest BCUT2D eigenvalue weighted by molar-refractivity contribution is 5.76. The van der Waals surface area contributed by atoms with E-state index >= 15 is 0 Å². The van der Waals surface area contributed by atoms with Crippen LogP contribution in [0.25, 0.3) is 22.5 Å². The molecule has 2 nitrogen and oxygen atoms in total. The van der Waals surface area contributed by atoms with Crippen molar-refractivity contribution in [2.75, 3.05) is 0 Å². The van der Waals surface area contributed by atoms with Gasteiger partial charge in [0.15, 0.2) is 11.4 Å². The number of hydrogen-bond acceptors (Lipinski definition) is 0. The van der Waals surface area contributed by atoms with Gasteiger partial charge in [0.25, 0.3) is 0 Å². The molecule has 0 aliphatic carbocycles. The Bertz CT molecular complexity index is 1140. The van der Waals surface area contributed by atoms with Crippen molar-refractivity contribution in [3.05, 3.63) is 139 Å². The molecule has 4 aromatic carbocycles. The van der Waals surface area contributed by atoms with Crippen LogP contribution < -0.4 is 4.57 Å². The van der Waals surface area contributed by atoms with Crippen LogP contribution in [0.1, 0.15) is 11.1 Å². The molecule has 5 rings (SSSR count). The second kappa shape index (κ2) is 8.85. The van der Waals surface area contributed by atoms with Gasteiger partial charge in [-0.3, -0.25) is 0 Å². The summed E-state index contributed by atoms with van der Waals surface area (Å²) in [4.78, 5) is 0. The second-order valence-corrected chi connectivity index (χ2v) is 7.77. The number of hydrogen-bond donors (Lipinski definition) is 0. The maximum Gasteiger partial charge on any atom is 0.245 e. The lowest BCUT2D eigenvalue weighted by atomic mass is 10.0. The largest absolute Gasteiger partial charge is 0.245 e. The predicted octanol–water partition coefficient (Wildman–Crippen LogP) is 6.21. The summed E-state index contributed by atoms with van der Waals surface area (Å²) < 4.78 is 4.77. The minimum atomic E-state index is 0.826. The van der Waals surface area contributed by atoms with Crippen LogP contribution in [0.15, 0.2) is 128 Å². The van der Waals surface area contributed by atoms with Crippen molar-refractivity contribution in [2.24, 2.45) is 0 Å². The first-order chi connectivity index (χ1) is 15.4. The maximum absolute atomic E-state index is 2.38. The first-order valence-electron chi connectivity index (χ1n) is 10.7. The SMILES string of the molecule is c1ccc(Cn2c[n+](Cc3ccccc3)c(-c3ccccc3)c2-c2ccccc2)cc1. The van der Waals surface area contributed by atoms with Crippen molar-refractivity contribution in [1.29, 1.82) is 0 Å². The normalized spacial score (nSPS) is 10.8. The van der Waals surface area contributed by atoms with E-state index in [0.717, 1.165) is 13.1 Å². The lowest BCUT2D eigenvalue weighted by Crippen LogP contribution is -2.34. The Balaban J connectivity index is 1.72. The highest BCUT2D eigenvalue weighted by Crippen LogP contribution is 2.31. The lowest BCUT2D eigenvalue weighted by molar-refractivity contribution is -0.677. The zero-order valence-electron chi connectivity index (χ0n) is 17.4. The first-order valence-corrected chi connectivity index (χ1v) is 10.7. The number of aromatic nitrogens is 2. The molecule has 0 spiro atoms. The summed E-state index contributed by atoms with van der Waals surface area (Å²) in [6.45, 7) is 1.65. The van der Waals surface area contributed by atoms with Crippen LogP contribution in [-0.4, -0.2) is 4.57 Å². The van der Waals surface area contributed by atoms with Gasteiger partial charge in [-0.2, -0.15) is 0 Å². The Morgan fingerprint density at radius 2 is 1.00 bits per heavy atom. The number of rotatable bonds is 6. The van der Waals surface area contributed by atoms with Crippen molar-refractivity contribution in [3.63, 3.8) is 0 Å². The number of benzene rings is 4. The van der Waals surface area contributed by atoms with Crippen molar-refractivity contribution >= 4 is 0 Å². The highest BCUT2D eigenvalue weighted by atomic mass is 15.1. The summed E-state index contributed by atoms with van der Waals surface area (Å²) >= 11 is 0. The van der Waals surface area contributed by atoms with E-state index in [4.69, 9.17) is 0 Å². The van der Waals surface area contributed by atoms with Gasteiger partial charge >= 0.3 is 0 Å². The molecule has 0 saturated heterocycles. The molecule has 0 atom stereocenters. The Kier molecular flexibility index (Phi) is 5.44. The monoisotopic (exact) mass is 401 g/mol. The van der Waals surface area contributed by atoms with Crippen molar-refractivity contribution in [2.45, 2.75) is 13.1 Å². The van der Waals surface area contributed by atoms with E-state index in [2.05, 4.69) is 137 Å². The summed E-state index contributed by atoms with van der Waals surface area (Å²) in [5.41, 5.74) is 7.52. The molecule has 0 fully saturated rings. The number of imidazole rings is 1. The van der Waals surface area contributed by atoms with Crippen LogP contribution in [0.2, 0.25) is 0 Å². The molecule has 0 aliphatic rings. The third kappa shape index (κ3) is 4.19. The molecule has 0 radical (unpaired) electrons. The van der Waals surface area contributed by atoms with Crippen LogP contribution in [0.3, 0.4) is 0 Å². The molecular weight excluding hydrogens is 376 g/mol. The van der Waals surface area contributed by atoms with Crippen molar-refractivity contribution < 1.29 is 4.57 Å². The summed E-state index contributed by atoms with van der Waals surface area (Å²) in [6.07, 6.45) is 2.27. The zero-order valence-corrected chi connectivity index (χ0v) is 17.4. The molecule has 2 heteroatoms. The smallest absolute Gasteiger partial charge is 0.225 e. The average Bonchev–Trinajstić information content (AvgIpc) is 3.19. The van der Waals surface area contributed by atoms with E-state index < -0.39 is 0 Å². The van der Waals surface area contributed by atoms with Gasteiger partial charge in [0, 0.05) is 11.1 Å². The molecule has 1 aromatic heterocycles. The lowest BCUT2D eigenvalue weighted by Gasteiger charge is -2.07. The summed E-state index contributed by atoms with van der Waals surface area (Å²) in [6, 6.07) is 42.8. The van der Waals surface area contributed by atoms with Crippen LogP contribution in [0.5, 0.6) is 0 Å². The minimum Gasteiger partial charge on any atom is -0.225 e. The Morgan fingerprint density at radius 1 is 0.516 bits per heavy atom. The Hall–Kier alpha value is -3.91. The standard InChI is InChI=1S/C29H25N2/c1-5-13-24(14-6-1)21-30-23-31(22-25-15-7-2-8-16-25)29(27-19-11-4-12-20-27)28(30)26-17-9-3-10-18-26/h1-20,23H,21-22H2/q+1. The molecule has 1 heterocycles. The van der Waals surface area contributed by atoms with Crippen LogP contribution in [0, 0.1) is 0 Å². The molecule has 0 N–H and O–H groups in total. The fraction of sp³-hybridized carbons (Fsp3) is 0.0690. The molecule has 0 bridgehead atoms. The van der Waals surface area contributed by atoms with Gasteiger partial charge in [-0.1, -0.05) is 121 Å². The fourth-order valence-electron chi connectivity index (χ4n) is 4.15. The molecule has 5 aromatic rings. The van der Waals surface area contributed by atoms with Gasteiger partial charge in [0.05, 0.1) is 0 Å². The van der Waals surface area contributed by atoms with Gasteiger partial charge in [0.2, 0.25) is 6.33 Å². The zero-order chi connectivity index (χ0) is 20.9. The van der Waals surface area contributed by atoms with Gasteiger partial charge in [-0.05, 0) is 11.1 Å². The van der Waals surface area contributed by atoms with E-state index in [1.165, 1.54) is 33.6 Å². The van der Waals surface area contributed by atoms with E-state index in [1.807, 2.05) is 0 Å². The summed E-state index contributed by atoms with van der Waals surface area (Å²) in [5.74, 6) is 0. The van der Waals surface area contributed by atoms with Crippen LogP contribution in [-0.2, 0) is 13.1 Å². The average molecular weight is 402 g/mol. The van der Waals surface area contributed by atoms with E-state index in [1.54, 1.807) is 0 Å². The quantitative estimate of drug-likeness (QED) is 0.299. The minimum absolute atomic E-state index is 0.826. The van der Waals surface area contributed by atoms with Crippen molar-refractivity contribution in [3.8, 4) is 22.5 Å². The van der Waals surface area contributed by atoms with Gasteiger partial charge in [-0.25, -0.2) is 9.13 Å². The van der Waals surface area contributed by atoms with Crippen molar-refractivity contribution in [1.82, 2.24) is 4.57 Å². The van der Waals surface area contributed by atoms with Gasteiger partial charge in [-0.15, -0.1) is 0 Å². The molecule has 0 amide bonds. The molecule has 0 saturated carbocycles. The predicted molar refractivity (Wildman–Crippen MR) is 127 cm³/mol. The maximum atomic E-state index is 2.38. The fourth-order valence-corrected chi connectivity index (χ4v) is 4.15. The molecule has 150 valence electrons. The van der Waals surface area contributed by atoms with Crippen LogP contribution >= 0.6 is 0 Å². The van der Waals surface area contributed by atoms with Crippen LogP contribution in [0.4, 0.5) is 0 Å². The number of nitrogens with zero attached hydrogens (tertiary/aromatic N) is 2. The summed E-state index contributed by atoms with van der Waals surface area (Å²) in [5, 5.41) is 0. The van der Waals surface area contributed by atoms with Gasteiger partial charge in [0.1, 0.15) is 13.1 Å². The molecular formula is C29H25N2+. The molecule has 31 heavy (non-hydrogen) atoms. The first kappa shape index (κ1) is 19.1. The third-order valence-electron chi connectivity index (χ3n) is 5.56. The van der Waals surface area contributed by atoms with Gasteiger partial charge < -0.3 is 0 Å². The molecule has 0 unspecified atom stereocenters. The Morgan fingerprint density at radius 3 is 1.58 bits per heavy atom. The molecule has 0 aliphatic heterocycles. The Labute approximate surface area is 183 Å². The second-order valence-electron chi connectivity index (χ2n) is 7.77. The summed E-state index contributed by atoms with van der Waals surface area (Å²) in [7, 11) is 0. The topological polar surface area (TPSA) is 8.81 Å². The van der Waals surface area contributed by atoms with E-state index in [-0.39, 0.29) is 0 Å². The van der Waals surface area contributed by atoms with E-state index in [0.29, 0.717) is 0 Å². The van der Waals surface area contributed by atoms with E-state index in [9.17, 15) is 0 Å².